The van der Waals surface area contributed by atoms with Gasteiger partial charge < -0.3 is 10.1 Å². The zero-order valence-corrected chi connectivity index (χ0v) is 12.4. The number of carbonyl (C=O) groups is 1. The molecular weight excluding hydrogens is 250 g/mol. The zero-order valence-electron chi connectivity index (χ0n) is 12.4. The first-order chi connectivity index (χ1) is 9.83. The van der Waals surface area contributed by atoms with Crippen molar-refractivity contribution >= 4 is 5.97 Å². The molecule has 1 heterocycles. The van der Waals surface area contributed by atoms with Gasteiger partial charge in [-0.05, 0) is 36.6 Å². The normalized spacial score (nSPS) is 13.8. The van der Waals surface area contributed by atoms with E-state index in [2.05, 4.69) is 18.3 Å². The van der Waals surface area contributed by atoms with E-state index in [1.54, 1.807) is 0 Å². The molecule has 1 aromatic rings. The summed E-state index contributed by atoms with van der Waals surface area (Å²) in [5, 5.41) is 3.33. The molecule has 1 aliphatic heterocycles. The Morgan fingerprint density at radius 3 is 2.95 bits per heavy atom. The van der Waals surface area contributed by atoms with Gasteiger partial charge in [0, 0.05) is 6.54 Å². The van der Waals surface area contributed by atoms with Gasteiger partial charge in [-0.2, -0.15) is 0 Å². The lowest BCUT2D eigenvalue weighted by atomic mass is 9.95. The smallest absolute Gasteiger partial charge is 0.338 e. The Morgan fingerprint density at radius 2 is 2.10 bits per heavy atom. The van der Waals surface area contributed by atoms with Crippen molar-refractivity contribution in [3.8, 4) is 0 Å². The van der Waals surface area contributed by atoms with Crippen LogP contribution in [0.3, 0.4) is 0 Å². The Kier molecular flexibility index (Phi) is 6.06. The predicted octanol–water partition coefficient (Wildman–Crippen LogP) is 3.46. The van der Waals surface area contributed by atoms with Crippen LogP contribution in [0.4, 0.5) is 0 Å². The van der Waals surface area contributed by atoms with Gasteiger partial charge in [0.15, 0.2) is 0 Å². The van der Waals surface area contributed by atoms with Crippen molar-refractivity contribution in [2.75, 3.05) is 13.2 Å². The highest BCUT2D eigenvalue weighted by Gasteiger charge is 2.17. The van der Waals surface area contributed by atoms with Gasteiger partial charge in [0.2, 0.25) is 0 Å². The van der Waals surface area contributed by atoms with Crippen LogP contribution < -0.4 is 5.32 Å². The number of fused-ring (bicyclic) bond motifs is 1. The second kappa shape index (κ2) is 8.05. The molecule has 0 unspecified atom stereocenters. The van der Waals surface area contributed by atoms with Crippen LogP contribution >= 0.6 is 0 Å². The summed E-state index contributed by atoms with van der Waals surface area (Å²) in [6.07, 6.45) is 6.79. The van der Waals surface area contributed by atoms with Gasteiger partial charge in [0.05, 0.1) is 12.2 Å². The maximum absolute atomic E-state index is 12.2. The lowest BCUT2D eigenvalue weighted by molar-refractivity contribution is 0.0496. The van der Waals surface area contributed by atoms with E-state index < -0.39 is 0 Å². The lowest BCUT2D eigenvalue weighted by Gasteiger charge is -2.19. The van der Waals surface area contributed by atoms with Gasteiger partial charge in [-0.3, -0.25) is 0 Å². The van der Waals surface area contributed by atoms with Crippen molar-refractivity contribution in [2.24, 2.45) is 0 Å². The van der Waals surface area contributed by atoms with E-state index in [9.17, 15) is 4.79 Å². The fourth-order valence-corrected chi connectivity index (χ4v) is 2.67. The van der Waals surface area contributed by atoms with Gasteiger partial charge in [-0.1, -0.05) is 44.7 Å². The number of ether oxygens (including phenoxy) is 1. The van der Waals surface area contributed by atoms with Crippen molar-refractivity contribution in [3.05, 3.63) is 34.9 Å². The summed E-state index contributed by atoms with van der Waals surface area (Å²) >= 11 is 0. The van der Waals surface area contributed by atoms with E-state index in [1.165, 1.54) is 30.4 Å². The Bertz CT molecular complexity index is 443. The molecule has 0 aliphatic carbocycles. The van der Waals surface area contributed by atoms with E-state index in [1.807, 2.05) is 12.1 Å². The summed E-state index contributed by atoms with van der Waals surface area (Å²) < 4.78 is 5.42. The van der Waals surface area contributed by atoms with E-state index in [0.717, 1.165) is 37.9 Å². The minimum absolute atomic E-state index is 0.153. The molecule has 20 heavy (non-hydrogen) atoms. The molecule has 3 heteroatoms. The van der Waals surface area contributed by atoms with E-state index in [-0.39, 0.29) is 5.97 Å². The van der Waals surface area contributed by atoms with Crippen molar-refractivity contribution in [2.45, 2.75) is 52.0 Å². The molecule has 0 saturated carbocycles. The molecule has 0 saturated heterocycles. The second-order valence-electron chi connectivity index (χ2n) is 5.42. The van der Waals surface area contributed by atoms with Gasteiger partial charge in [0.25, 0.3) is 0 Å². The molecule has 1 aromatic carbocycles. The molecule has 2 rings (SSSR count). The molecule has 3 nitrogen and oxygen atoms in total. The Morgan fingerprint density at radius 1 is 1.25 bits per heavy atom. The highest BCUT2D eigenvalue weighted by molar-refractivity contribution is 5.91. The first-order valence-electron chi connectivity index (χ1n) is 7.81. The summed E-state index contributed by atoms with van der Waals surface area (Å²) in [5.74, 6) is -0.153. The van der Waals surface area contributed by atoms with Crippen LogP contribution in [0.5, 0.6) is 0 Å². The van der Waals surface area contributed by atoms with Gasteiger partial charge >= 0.3 is 5.97 Å². The van der Waals surface area contributed by atoms with Crippen LogP contribution in [-0.4, -0.2) is 19.1 Å². The van der Waals surface area contributed by atoms with Crippen LogP contribution in [0.25, 0.3) is 0 Å². The Hall–Kier alpha value is -1.35. The molecule has 0 amide bonds. The lowest BCUT2D eigenvalue weighted by Crippen LogP contribution is -2.25. The van der Waals surface area contributed by atoms with Crippen molar-refractivity contribution in [1.82, 2.24) is 5.32 Å². The maximum Gasteiger partial charge on any atom is 0.338 e. The number of unbranched alkanes of at least 4 members (excludes halogenated alkanes) is 4. The number of hydrogen-bond donors (Lipinski definition) is 1. The van der Waals surface area contributed by atoms with Crippen molar-refractivity contribution < 1.29 is 9.53 Å². The third-order valence-electron chi connectivity index (χ3n) is 3.84. The second-order valence-corrected chi connectivity index (χ2v) is 5.42. The highest BCUT2D eigenvalue weighted by atomic mass is 16.5. The van der Waals surface area contributed by atoms with Gasteiger partial charge in [-0.15, -0.1) is 0 Å². The average Bonchev–Trinajstić information content (AvgIpc) is 2.50. The molecule has 0 aromatic heterocycles. The van der Waals surface area contributed by atoms with Crippen LogP contribution in [0.1, 0.15) is 60.5 Å². The molecule has 1 N–H and O–H groups in total. The van der Waals surface area contributed by atoms with Crippen LogP contribution in [0, 0.1) is 0 Å². The summed E-state index contributed by atoms with van der Waals surface area (Å²) in [4.78, 5) is 12.2. The number of hydrogen-bond acceptors (Lipinski definition) is 3. The van der Waals surface area contributed by atoms with Crippen molar-refractivity contribution in [3.63, 3.8) is 0 Å². The van der Waals surface area contributed by atoms with Crippen LogP contribution in [0.2, 0.25) is 0 Å². The molecular formula is C17H25NO2. The molecule has 0 bridgehead atoms. The highest BCUT2D eigenvalue weighted by Crippen LogP contribution is 2.19. The zero-order chi connectivity index (χ0) is 14.2. The molecule has 1 aliphatic rings. The minimum Gasteiger partial charge on any atom is -0.462 e. The summed E-state index contributed by atoms with van der Waals surface area (Å²) in [5.41, 5.74) is 3.16. The fraction of sp³-hybridized carbons (Fsp3) is 0.588. The SMILES string of the molecule is CCCCCCCOC(=O)c1cccc2c1CCNC2. The summed E-state index contributed by atoms with van der Waals surface area (Å²) in [6, 6.07) is 5.93. The molecule has 0 fully saturated rings. The number of carbonyl (C=O) groups excluding carboxylic acids is 1. The van der Waals surface area contributed by atoms with Gasteiger partial charge in [-0.25, -0.2) is 4.79 Å². The summed E-state index contributed by atoms with van der Waals surface area (Å²) in [6.45, 7) is 4.54. The van der Waals surface area contributed by atoms with E-state index in [0.29, 0.717) is 6.61 Å². The summed E-state index contributed by atoms with van der Waals surface area (Å²) in [7, 11) is 0. The standard InChI is InChI=1S/C17H25NO2/c1-2-3-4-5-6-12-20-17(19)16-9-7-8-14-13-18-11-10-15(14)16/h7-9,18H,2-6,10-13H2,1H3. The molecule has 0 radical (unpaired) electrons. The topological polar surface area (TPSA) is 38.3 Å². The molecule has 0 spiro atoms. The molecule has 0 atom stereocenters. The van der Waals surface area contributed by atoms with Gasteiger partial charge in [0.1, 0.15) is 0 Å². The average molecular weight is 275 g/mol. The molecule has 110 valence electrons. The third-order valence-corrected chi connectivity index (χ3v) is 3.84. The van der Waals surface area contributed by atoms with Crippen molar-refractivity contribution in [1.29, 1.82) is 0 Å². The largest absolute Gasteiger partial charge is 0.462 e. The maximum atomic E-state index is 12.2. The fourth-order valence-electron chi connectivity index (χ4n) is 2.67. The van der Waals surface area contributed by atoms with E-state index in [4.69, 9.17) is 4.74 Å². The van der Waals surface area contributed by atoms with Crippen LogP contribution in [-0.2, 0) is 17.7 Å². The van der Waals surface area contributed by atoms with E-state index >= 15 is 0 Å². The quantitative estimate of drug-likeness (QED) is 0.612. The minimum atomic E-state index is -0.153. The number of nitrogens with one attached hydrogen (secondary N) is 1. The Labute approximate surface area is 121 Å². The number of benzene rings is 1. The Balaban J connectivity index is 1.83. The first kappa shape index (κ1) is 15.0. The van der Waals surface area contributed by atoms with Crippen LogP contribution in [0.15, 0.2) is 18.2 Å². The monoisotopic (exact) mass is 275 g/mol. The third kappa shape index (κ3) is 4.07. The number of rotatable bonds is 7. The number of esters is 1. The first-order valence-corrected chi connectivity index (χ1v) is 7.81. The predicted molar refractivity (Wildman–Crippen MR) is 80.9 cm³/mol.